The van der Waals surface area contributed by atoms with Crippen LogP contribution in [0.2, 0.25) is 5.02 Å². The molecular weight excluding hydrogens is 513 g/mol. The van der Waals surface area contributed by atoms with E-state index in [0.29, 0.717) is 54.2 Å². The third kappa shape index (κ3) is 5.51. The minimum absolute atomic E-state index is 0.0104. The molecule has 5 rings (SSSR count). The van der Waals surface area contributed by atoms with Crippen LogP contribution in [0.15, 0.2) is 59.5 Å². The van der Waals surface area contributed by atoms with Crippen LogP contribution in [0.1, 0.15) is 13.6 Å². The number of anilines is 2. The number of aromatic nitrogens is 2. The van der Waals surface area contributed by atoms with Crippen LogP contribution < -0.4 is 20.1 Å². The zero-order valence-electron chi connectivity index (χ0n) is 21.6. The quantitative estimate of drug-likeness (QED) is 0.318. The molecule has 2 N–H and O–H groups in total. The predicted octanol–water partition coefficient (Wildman–Crippen LogP) is 4.58. The second-order valence-corrected chi connectivity index (χ2v) is 9.26. The van der Waals surface area contributed by atoms with Gasteiger partial charge in [-0.1, -0.05) is 17.7 Å². The Kier molecular flexibility index (Phi) is 7.23. The van der Waals surface area contributed by atoms with Gasteiger partial charge in [0, 0.05) is 38.8 Å². The van der Waals surface area contributed by atoms with Crippen LogP contribution in [-0.2, 0) is 11.2 Å². The Bertz CT molecular complexity index is 1460. The largest absolute Gasteiger partial charge is 0.493 e. The number of furan rings is 1. The van der Waals surface area contributed by atoms with Gasteiger partial charge in [0.15, 0.2) is 17.3 Å². The Labute approximate surface area is 225 Å². The van der Waals surface area contributed by atoms with Crippen molar-refractivity contribution in [2.45, 2.75) is 25.0 Å². The molecular formula is C27H27ClFN5O4. The molecule has 11 heteroatoms. The molecule has 0 unspecified atom stereocenters. The SMILES string of the molecule is [2H]CN1C[C@@H](Oc2cc3c(Nc4cccc(Cl)c4F)ncnc3cc2OC)C[C@H]1C(=O)NCCc1ccco1. The summed E-state index contributed by atoms with van der Waals surface area (Å²) >= 11 is 5.93. The smallest absolute Gasteiger partial charge is 0.237 e. The standard InChI is InChI=1S/C27H27ClFN5O4/c1-34-14-17(11-22(34)27(35)30-9-8-16-5-4-10-37-16)38-24-12-18-21(13-23(24)36-2)31-15-32-26(18)33-20-7-3-6-19(28)25(20)29/h3-7,10,12-13,15,17,22H,8-9,11,14H2,1-2H3,(H,30,35)(H,31,32,33)/t17-,22-/m0/s1/i1D. The average molecular weight is 541 g/mol. The van der Waals surface area contributed by atoms with E-state index in [4.69, 9.17) is 26.9 Å². The van der Waals surface area contributed by atoms with Crippen LogP contribution in [0.3, 0.4) is 0 Å². The van der Waals surface area contributed by atoms with E-state index in [0.717, 1.165) is 5.76 Å². The van der Waals surface area contributed by atoms with Gasteiger partial charge in [-0.15, -0.1) is 0 Å². The molecule has 9 nitrogen and oxygen atoms in total. The molecule has 2 aromatic carbocycles. The van der Waals surface area contributed by atoms with Gasteiger partial charge < -0.3 is 24.5 Å². The molecule has 4 aromatic rings. The first-order chi connectivity index (χ1) is 19.0. The van der Waals surface area contributed by atoms with Crippen molar-refractivity contribution in [2.75, 3.05) is 32.5 Å². The normalized spacial score (nSPS) is 17.8. The fraction of sp³-hybridized carbons (Fsp3) is 0.296. The first-order valence-corrected chi connectivity index (χ1v) is 12.4. The molecule has 1 saturated heterocycles. The molecule has 38 heavy (non-hydrogen) atoms. The highest BCUT2D eigenvalue weighted by Crippen LogP contribution is 2.37. The Hall–Kier alpha value is -3.89. The van der Waals surface area contributed by atoms with E-state index in [-0.39, 0.29) is 29.7 Å². The number of nitrogens with one attached hydrogen (secondary N) is 2. The number of amides is 1. The summed E-state index contributed by atoms with van der Waals surface area (Å²) in [6.07, 6.45) is 3.58. The van der Waals surface area contributed by atoms with Gasteiger partial charge in [0.05, 0.1) is 35.6 Å². The van der Waals surface area contributed by atoms with Gasteiger partial charge in [-0.2, -0.15) is 0 Å². The highest BCUT2D eigenvalue weighted by molar-refractivity contribution is 6.31. The number of carbonyl (C=O) groups excluding carboxylic acids is 1. The van der Waals surface area contributed by atoms with Crippen molar-refractivity contribution in [3.05, 3.63) is 71.7 Å². The molecule has 0 saturated carbocycles. The lowest BCUT2D eigenvalue weighted by Gasteiger charge is -2.17. The summed E-state index contributed by atoms with van der Waals surface area (Å²) in [5, 5.41) is 6.48. The number of ether oxygens (including phenoxy) is 2. The third-order valence-electron chi connectivity index (χ3n) is 6.34. The number of hydrogen-bond acceptors (Lipinski definition) is 8. The summed E-state index contributed by atoms with van der Waals surface area (Å²) in [6, 6.07) is 11.3. The molecule has 2 atom stereocenters. The molecule has 1 fully saturated rings. The van der Waals surface area contributed by atoms with E-state index in [1.165, 1.54) is 19.5 Å². The number of rotatable bonds is 9. The first kappa shape index (κ1) is 24.4. The fourth-order valence-corrected chi connectivity index (χ4v) is 4.60. The van der Waals surface area contributed by atoms with Crippen molar-refractivity contribution >= 4 is 39.9 Å². The van der Waals surface area contributed by atoms with Gasteiger partial charge in [0.2, 0.25) is 5.91 Å². The molecule has 0 bridgehead atoms. The van der Waals surface area contributed by atoms with Gasteiger partial charge in [0.1, 0.15) is 24.0 Å². The lowest BCUT2D eigenvalue weighted by molar-refractivity contribution is -0.125. The number of hydrogen-bond donors (Lipinski definition) is 2. The summed E-state index contributed by atoms with van der Waals surface area (Å²) in [7, 11) is 1.48. The summed E-state index contributed by atoms with van der Waals surface area (Å²) in [4.78, 5) is 23.3. The summed E-state index contributed by atoms with van der Waals surface area (Å²) in [5.74, 6) is 1.27. The van der Waals surface area contributed by atoms with Crippen molar-refractivity contribution < 1.29 is 24.4 Å². The number of carbonyl (C=O) groups is 1. The minimum Gasteiger partial charge on any atom is -0.493 e. The Balaban J connectivity index is 1.33. The fourth-order valence-electron chi connectivity index (χ4n) is 4.42. The topological polar surface area (TPSA) is 102 Å². The van der Waals surface area contributed by atoms with Gasteiger partial charge >= 0.3 is 0 Å². The van der Waals surface area contributed by atoms with Crippen LogP contribution in [0.25, 0.3) is 10.9 Å². The molecule has 3 heterocycles. The van der Waals surface area contributed by atoms with Gasteiger partial charge in [-0.25, -0.2) is 14.4 Å². The first-order valence-electron chi connectivity index (χ1n) is 12.7. The summed E-state index contributed by atoms with van der Waals surface area (Å²) in [5.41, 5.74) is 0.732. The highest BCUT2D eigenvalue weighted by atomic mass is 35.5. The number of fused-ring (bicyclic) bond motifs is 1. The zero-order valence-corrected chi connectivity index (χ0v) is 21.4. The maximum absolute atomic E-state index is 14.5. The monoisotopic (exact) mass is 540 g/mol. The van der Waals surface area contributed by atoms with E-state index in [1.54, 1.807) is 41.5 Å². The Morgan fingerprint density at radius 1 is 1.29 bits per heavy atom. The van der Waals surface area contributed by atoms with Crippen molar-refractivity contribution in [1.82, 2.24) is 20.2 Å². The van der Waals surface area contributed by atoms with Crippen LogP contribution in [0, 0.1) is 5.82 Å². The minimum atomic E-state index is -0.592. The van der Waals surface area contributed by atoms with Crippen molar-refractivity contribution in [2.24, 2.45) is 0 Å². The third-order valence-corrected chi connectivity index (χ3v) is 6.63. The van der Waals surface area contributed by atoms with Crippen LogP contribution in [0.4, 0.5) is 15.9 Å². The molecule has 1 amide bonds. The molecule has 0 aliphatic carbocycles. The molecule has 198 valence electrons. The van der Waals surface area contributed by atoms with Crippen LogP contribution >= 0.6 is 11.6 Å². The van der Waals surface area contributed by atoms with E-state index in [1.807, 2.05) is 6.07 Å². The van der Waals surface area contributed by atoms with Gasteiger partial charge in [0.25, 0.3) is 0 Å². The van der Waals surface area contributed by atoms with Crippen molar-refractivity contribution in [3.8, 4) is 11.5 Å². The Morgan fingerprint density at radius 3 is 2.97 bits per heavy atom. The number of nitrogens with zero attached hydrogens (tertiary/aromatic N) is 3. The Morgan fingerprint density at radius 2 is 2.18 bits per heavy atom. The zero-order chi connectivity index (χ0) is 27.4. The number of benzene rings is 2. The second kappa shape index (κ2) is 11.2. The predicted molar refractivity (Wildman–Crippen MR) is 142 cm³/mol. The average Bonchev–Trinajstić information content (AvgIpc) is 3.61. The van der Waals surface area contributed by atoms with E-state index < -0.39 is 11.9 Å². The van der Waals surface area contributed by atoms with Crippen molar-refractivity contribution in [1.29, 1.82) is 0 Å². The van der Waals surface area contributed by atoms with Gasteiger partial charge in [-0.3, -0.25) is 9.69 Å². The lowest BCUT2D eigenvalue weighted by atomic mass is 10.1. The summed E-state index contributed by atoms with van der Waals surface area (Å²) < 4.78 is 39.6. The van der Waals surface area contributed by atoms with Gasteiger partial charge in [-0.05, 0) is 37.4 Å². The number of likely N-dealkylation sites (tertiary alicyclic amines) is 1. The molecule has 1 aliphatic heterocycles. The number of halogens is 2. The molecule has 1 aliphatic rings. The number of likely N-dealkylation sites (N-methyl/N-ethyl adjacent to an activating group) is 1. The lowest BCUT2D eigenvalue weighted by Crippen LogP contribution is -2.42. The van der Waals surface area contributed by atoms with Crippen molar-refractivity contribution in [3.63, 3.8) is 0 Å². The maximum atomic E-state index is 14.5. The molecule has 0 radical (unpaired) electrons. The molecule has 0 spiro atoms. The maximum Gasteiger partial charge on any atom is 0.237 e. The highest BCUT2D eigenvalue weighted by Gasteiger charge is 2.36. The van der Waals surface area contributed by atoms with E-state index in [9.17, 15) is 9.18 Å². The van der Waals surface area contributed by atoms with Crippen LogP contribution in [-0.4, -0.2) is 60.1 Å². The second-order valence-electron chi connectivity index (χ2n) is 8.85. The molecule has 2 aromatic heterocycles. The van der Waals surface area contributed by atoms with E-state index >= 15 is 0 Å². The summed E-state index contributed by atoms with van der Waals surface area (Å²) in [6.45, 7) is 0.826. The number of methoxy groups -OCH3 is 1. The van der Waals surface area contributed by atoms with Crippen LogP contribution in [0.5, 0.6) is 11.5 Å². The van der Waals surface area contributed by atoms with E-state index in [2.05, 4.69) is 20.6 Å².